The average Bonchev–Trinajstić information content (AvgIpc) is 2.96. The topological polar surface area (TPSA) is 62.3 Å². The lowest BCUT2D eigenvalue weighted by molar-refractivity contribution is -0.130. The number of rotatable bonds is 4. The SMILES string of the molecule is C[C@@H](NC(=O)c1cnc(-c2ccccc2Cl)s1)C(=O)N(C)C. The van der Waals surface area contributed by atoms with E-state index < -0.39 is 6.04 Å². The number of thiazole rings is 1. The zero-order chi connectivity index (χ0) is 16.3. The number of halogens is 1. The maximum atomic E-state index is 12.2. The summed E-state index contributed by atoms with van der Waals surface area (Å²) in [5.41, 5.74) is 0.783. The van der Waals surface area contributed by atoms with E-state index >= 15 is 0 Å². The first-order valence-corrected chi connectivity index (χ1v) is 7.82. The van der Waals surface area contributed by atoms with Crippen molar-refractivity contribution in [3.63, 3.8) is 0 Å². The van der Waals surface area contributed by atoms with Gasteiger partial charge in [0.2, 0.25) is 5.91 Å². The summed E-state index contributed by atoms with van der Waals surface area (Å²) in [5.74, 6) is -0.484. The van der Waals surface area contributed by atoms with Crippen molar-refractivity contribution >= 4 is 34.8 Å². The fraction of sp³-hybridized carbons (Fsp3) is 0.267. The van der Waals surface area contributed by atoms with Crippen LogP contribution in [0.25, 0.3) is 10.6 Å². The highest BCUT2D eigenvalue weighted by molar-refractivity contribution is 7.17. The second-order valence-corrected chi connectivity index (χ2v) is 6.38. The predicted octanol–water partition coefficient (Wildman–Crippen LogP) is 2.67. The highest BCUT2D eigenvalue weighted by Crippen LogP contribution is 2.30. The monoisotopic (exact) mass is 337 g/mol. The number of carbonyl (C=O) groups excluding carboxylic acids is 2. The van der Waals surface area contributed by atoms with E-state index in [0.717, 1.165) is 5.56 Å². The molecule has 0 fully saturated rings. The van der Waals surface area contributed by atoms with E-state index in [4.69, 9.17) is 11.6 Å². The van der Waals surface area contributed by atoms with Crippen LogP contribution in [-0.2, 0) is 4.79 Å². The third-order valence-corrected chi connectivity index (χ3v) is 4.35. The number of aromatic nitrogens is 1. The summed E-state index contributed by atoms with van der Waals surface area (Å²) < 4.78 is 0. The molecule has 0 aliphatic rings. The number of nitrogens with one attached hydrogen (secondary N) is 1. The smallest absolute Gasteiger partial charge is 0.263 e. The molecule has 0 spiro atoms. The Morgan fingerprint density at radius 1 is 1.32 bits per heavy atom. The molecule has 2 amide bonds. The van der Waals surface area contributed by atoms with Crippen molar-refractivity contribution in [3.05, 3.63) is 40.4 Å². The Bertz CT molecular complexity index is 700. The summed E-state index contributed by atoms with van der Waals surface area (Å²) >= 11 is 7.36. The van der Waals surface area contributed by atoms with Crippen LogP contribution in [0.2, 0.25) is 5.02 Å². The minimum absolute atomic E-state index is 0.163. The van der Waals surface area contributed by atoms with Crippen LogP contribution in [0, 0.1) is 0 Å². The van der Waals surface area contributed by atoms with E-state index in [9.17, 15) is 9.59 Å². The Labute approximate surface area is 137 Å². The molecule has 2 rings (SSSR count). The van der Waals surface area contributed by atoms with Crippen LogP contribution in [0.15, 0.2) is 30.5 Å². The van der Waals surface area contributed by atoms with E-state index in [1.807, 2.05) is 18.2 Å². The van der Waals surface area contributed by atoms with Gasteiger partial charge >= 0.3 is 0 Å². The molecule has 0 saturated carbocycles. The number of likely N-dealkylation sites (N-methyl/N-ethyl adjacent to an activating group) is 1. The molecule has 7 heteroatoms. The van der Waals surface area contributed by atoms with Crippen molar-refractivity contribution < 1.29 is 9.59 Å². The molecule has 0 aliphatic carbocycles. The molecule has 2 aromatic rings. The normalized spacial score (nSPS) is 11.8. The average molecular weight is 338 g/mol. The molecule has 0 aliphatic heterocycles. The molecular weight excluding hydrogens is 322 g/mol. The van der Waals surface area contributed by atoms with Crippen molar-refractivity contribution in [1.29, 1.82) is 0 Å². The molecular formula is C15H16ClN3O2S. The standard InChI is InChI=1S/C15H16ClN3O2S/c1-9(15(21)19(2)3)18-13(20)12-8-17-14(22-12)10-6-4-5-7-11(10)16/h4-9H,1-3H3,(H,18,20)/t9-/m1/s1. The number of benzene rings is 1. The van der Waals surface area contributed by atoms with Gasteiger partial charge in [-0.1, -0.05) is 29.8 Å². The summed E-state index contributed by atoms with van der Waals surface area (Å²) in [5, 5.41) is 3.92. The molecule has 0 saturated heterocycles. The molecule has 5 nitrogen and oxygen atoms in total. The van der Waals surface area contributed by atoms with Gasteiger partial charge in [0.15, 0.2) is 0 Å². The van der Waals surface area contributed by atoms with Crippen LogP contribution < -0.4 is 5.32 Å². The van der Waals surface area contributed by atoms with Crippen molar-refractivity contribution in [1.82, 2.24) is 15.2 Å². The van der Waals surface area contributed by atoms with Gasteiger partial charge in [0.25, 0.3) is 5.91 Å². The number of hydrogen-bond donors (Lipinski definition) is 1. The quantitative estimate of drug-likeness (QED) is 0.933. The van der Waals surface area contributed by atoms with Crippen LogP contribution in [0.3, 0.4) is 0 Å². The summed E-state index contributed by atoms with van der Waals surface area (Å²) in [4.78, 5) is 30.0. The molecule has 22 heavy (non-hydrogen) atoms. The van der Waals surface area contributed by atoms with Gasteiger partial charge in [0.1, 0.15) is 15.9 Å². The molecule has 1 N–H and O–H groups in total. The molecule has 0 bridgehead atoms. The molecule has 116 valence electrons. The molecule has 0 unspecified atom stereocenters. The number of amides is 2. The third-order valence-electron chi connectivity index (χ3n) is 2.99. The Kier molecular flexibility index (Phi) is 5.15. The second kappa shape index (κ2) is 6.89. The lowest BCUT2D eigenvalue weighted by atomic mass is 10.2. The van der Waals surface area contributed by atoms with E-state index in [1.165, 1.54) is 22.4 Å². The van der Waals surface area contributed by atoms with Gasteiger partial charge < -0.3 is 10.2 Å². The zero-order valence-electron chi connectivity index (χ0n) is 12.5. The third kappa shape index (κ3) is 3.64. The summed E-state index contributed by atoms with van der Waals surface area (Å²) in [6, 6.07) is 6.73. The summed E-state index contributed by atoms with van der Waals surface area (Å²) in [6.07, 6.45) is 1.49. The highest BCUT2D eigenvalue weighted by Gasteiger charge is 2.20. The lowest BCUT2D eigenvalue weighted by Crippen LogP contribution is -2.44. The van der Waals surface area contributed by atoms with Crippen LogP contribution in [0.1, 0.15) is 16.6 Å². The fourth-order valence-electron chi connectivity index (χ4n) is 1.86. The van der Waals surface area contributed by atoms with Crippen molar-refractivity contribution in [2.24, 2.45) is 0 Å². The van der Waals surface area contributed by atoms with Gasteiger partial charge in [-0.2, -0.15) is 0 Å². The van der Waals surface area contributed by atoms with Crippen LogP contribution >= 0.6 is 22.9 Å². The zero-order valence-corrected chi connectivity index (χ0v) is 14.0. The van der Waals surface area contributed by atoms with Crippen molar-refractivity contribution in [3.8, 4) is 10.6 Å². The largest absolute Gasteiger partial charge is 0.347 e. The second-order valence-electron chi connectivity index (χ2n) is 4.94. The first-order chi connectivity index (χ1) is 10.4. The van der Waals surface area contributed by atoms with Gasteiger partial charge in [-0.3, -0.25) is 9.59 Å². The fourth-order valence-corrected chi connectivity index (χ4v) is 3.00. The Balaban J connectivity index is 2.13. The molecule has 0 radical (unpaired) electrons. The minimum atomic E-state index is -0.589. The summed E-state index contributed by atoms with van der Waals surface area (Å²) in [6.45, 7) is 1.65. The maximum absolute atomic E-state index is 12.2. The van der Waals surface area contributed by atoms with Crippen LogP contribution in [0.4, 0.5) is 0 Å². The van der Waals surface area contributed by atoms with Gasteiger partial charge in [-0.15, -0.1) is 11.3 Å². The van der Waals surface area contributed by atoms with Gasteiger partial charge in [-0.05, 0) is 13.0 Å². The maximum Gasteiger partial charge on any atom is 0.263 e. The number of nitrogens with zero attached hydrogens (tertiary/aromatic N) is 2. The first-order valence-electron chi connectivity index (χ1n) is 6.63. The van der Waals surface area contributed by atoms with Gasteiger partial charge in [0, 0.05) is 19.7 Å². The van der Waals surface area contributed by atoms with E-state index in [1.54, 1.807) is 27.1 Å². The lowest BCUT2D eigenvalue weighted by Gasteiger charge is -2.17. The van der Waals surface area contributed by atoms with Gasteiger partial charge in [-0.25, -0.2) is 4.98 Å². The molecule has 1 atom stereocenters. The van der Waals surface area contributed by atoms with E-state index in [0.29, 0.717) is 14.9 Å². The van der Waals surface area contributed by atoms with Crippen molar-refractivity contribution in [2.45, 2.75) is 13.0 Å². The number of hydrogen-bond acceptors (Lipinski definition) is 4. The molecule has 1 aromatic carbocycles. The van der Waals surface area contributed by atoms with E-state index in [-0.39, 0.29) is 11.8 Å². The minimum Gasteiger partial charge on any atom is -0.347 e. The van der Waals surface area contributed by atoms with Gasteiger partial charge in [0.05, 0.1) is 11.2 Å². The molecule has 1 aromatic heterocycles. The van der Waals surface area contributed by atoms with Crippen molar-refractivity contribution in [2.75, 3.05) is 14.1 Å². The highest BCUT2D eigenvalue weighted by atomic mass is 35.5. The molecule has 1 heterocycles. The summed E-state index contributed by atoms with van der Waals surface area (Å²) in [7, 11) is 3.29. The van der Waals surface area contributed by atoms with Crippen LogP contribution in [0.5, 0.6) is 0 Å². The Morgan fingerprint density at radius 2 is 2.00 bits per heavy atom. The van der Waals surface area contributed by atoms with E-state index in [2.05, 4.69) is 10.3 Å². The Hall–Kier alpha value is -1.92. The predicted molar refractivity (Wildman–Crippen MR) is 88.2 cm³/mol. The first kappa shape index (κ1) is 16.5. The Morgan fingerprint density at radius 3 is 2.64 bits per heavy atom. The van der Waals surface area contributed by atoms with Crippen LogP contribution in [-0.4, -0.2) is 41.8 Å². The number of carbonyl (C=O) groups is 2.